The molecule has 1 saturated heterocycles. The van der Waals surface area contributed by atoms with Crippen LogP contribution in [0.4, 0.5) is 0 Å². The number of hydrogen-bond donors (Lipinski definition) is 1. The fourth-order valence-electron chi connectivity index (χ4n) is 2.28. The molecule has 1 aliphatic rings. The van der Waals surface area contributed by atoms with Gasteiger partial charge < -0.3 is 19.4 Å². The Labute approximate surface area is 143 Å². The van der Waals surface area contributed by atoms with Crippen molar-refractivity contribution in [3.8, 4) is 5.88 Å². The lowest BCUT2D eigenvalue weighted by Gasteiger charge is -2.32. The number of hydrogen-bond acceptors (Lipinski definition) is 5. The molecule has 0 aromatic carbocycles. The van der Waals surface area contributed by atoms with Crippen LogP contribution in [0.3, 0.4) is 0 Å². The molecule has 1 aliphatic heterocycles. The highest BCUT2D eigenvalue weighted by molar-refractivity contribution is 6.56. The van der Waals surface area contributed by atoms with Gasteiger partial charge in [0.15, 0.2) is 0 Å². The molecule has 7 heteroatoms. The average molecular weight is 339 g/mol. The monoisotopic (exact) mass is 338 g/mol. The molecule has 2 rings (SSSR count). The maximum Gasteiger partial charge on any atom is 0.491 e. The van der Waals surface area contributed by atoms with Crippen LogP contribution >= 0.6 is 11.6 Å². The Morgan fingerprint density at radius 2 is 1.96 bits per heavy atom. The third-order valence-corrected chi connectivity index (χ3v) is 4.58. The van der Waals surface area contributed by atoms with Crippen molar-refractivity contribution in [3.05, 3.63) is 28.3 Å². The number of likely N-dealkylation sites (N-methyl/N-ethyl adjacent to an activating group) is 1. The largest absolute Gasteiger partial charge is 0.491 e. The van der Waals surface area contributed by atoms with Gasteiger partial charge in [-0.05, 0) is 51.8 Å². The molecule has 0 bridgehead atoms. The van der Waals surface area contributed by atoms with Gasteiger partial charge in [-0.2, -0.15) is 0 Å². The summed E-state index contributed by atoms with van der Waals surface area (Å²) in [5.41, 5.74) is 1.10. The van der Waals surface area contributed by atoms with Gasteiger partial charge >= 0.3 is 7.12 Å². The number of aromatic nitrogens is 1. The first-order valence-corrected chi connectivity index (χ1v) is 7.98. The molecule has 0 saturated carbocycles. The summed E-state index contributed by atoms with van der Waals surface area (Å²) in [4.78, 5) is 4.19. The highest BCUT2D eigenvalue weighted by atomic mass is 35.5. The zero-order chi connectivity index (χ0) is 17.3. The number of nitrogens with zero attached hydrogens (tertiary/aromatic N) is 1. The Balaban J connectivity index is 2.30. The summed E-state index contributed by atoms with van der Waals surface area (Å²) < 4.78 is 17.3. The molecule has 0 unspecified atom stereocenters. The third kappa shape index (κ3) is 3.88. The highest BCUT2D eigenvalue weighted by Crippen LogP contribution is 2.38. The van der Waals surface area contributed by atoms with Crippen molar-refractivity contribution in [1.82, 2.24) is 10.3 Å². The Bertz CT molecular complexity index is 589. The van der Waals surface area contributed by atoms with E-state index in [0.717, 1.165) is 11.0 Å². The summed E-state index contributed by atoms with van der Waals surface area (Å²) in [6.07, 6.45) is 3.70. The van der Waals surface area contributed by atoms with Crippen molar-refractivity contribution in [3.63, 3.8) is 0 Å². The Kier molecular flexibility index (Phi) is 5.41. The predicted octanol–water partition coefficient (Wildman–Crippen LogP) is 2.98. The van der Waals surface area contributed by atoms with E-state index in [9.17, 15) is 0 Å². The molecule has 1 N–H and O–H groups in total. The summed E-state index contributed by atoms with van der Waals surface area (Å²) in [6, 6.07) is 1.81. The van der Waals surface area contributed by atoms with Gasteiger partial charge in [-0.15, -0.1) is 0 Å². The summed E-state index contributed by atoms with van der Waals surface area (Å²) in [5, 5.41) is 3.62. The summed E-state index contributed by atoms with van der Waals surface area (Å²) in [7, 11) is 3.02. The van der Waals surface area contributed by atoms with Crippen LogP contribution in [-0.2, 0) is 9.31 Å². The molecule has 2 heterocycles. The quantitative estimate of drug-likeness (QED) is 0.837. The van der Waals surface area contributed by atoms with Crippen LogP contribution in [0, 0.1) is 0 Å². The lowest BCUT2D eigenvalue weighted by molar-refractivity contribution is 0.00578. The van der Waals surface area contributed by atoms with Crippen molar-refractivity contribution < 1.29 is 14.0 Å². The van der Waals surface area contributed by atoms with Gasteiger partial charge in [0, 0.05) is 12.7 Å². The third-order valence-electron chi connectivity index (χ3n) is 4.31. The van der Waals surface area contributed by atoms with Gasteiger partial charge in [-0.25, -0.2) is 4.98 Å². The number of pyridine rings is 1. The van der Waals surface area contributed by atoms with Crippen molar-refractivity contribution in [2.75, 3.05) is 20.7 Å². The lowest BCUT2D eigenvalue weighted by Crippen LogP contribution is -2.41. The Morgan fingerprint density at radius 3 is 2.43 bits per heavy atom. The topological polar surface area (TPSA) is 52.6 Å². The van der Waals surface area contributed by atoms with Crippen molar-refractivity contribution in [1.29, 1.82) is 0 Å². The van der Waals surface area contributed by atoms with Crippen LogP contribution in [0.25, 0.3) is 6.08 Å². The van der Waals surface area contributed by atoms with Crippen LogP contribution in [0.5, 0.6) is 5.88 Å². The van der Waals surface area contributed by atoms with Crippen molar-refractivity contribution >= 4 is 24.8 Å². The van der Waals surface area contributed by atoms with E-state index in [-0.39, 0.29) is 11.2 Å². The number of methoxy groups -OCH3 is 1. The van der Waals surface area contributed by atoms with Crippen LogP contribution in [0.2, 0.25) is 5.02 Å². The molecule has 5 nitrogen and oxygen atoms in total. The van der Waals surface area contributed by atoms with E-state index in [0.29, 0.717) is 17.4 Å². The summed E-state index contributed by atoms with van der Waals surface area (Å²) in [6.45, 7) is 8.79. The molecule has 0 aliphatic carbocycles. The molecule has 0 radical (unpaired) electrons. The average Bonchev–Trinajstić information content (AvgIpc) is 2.67. The molecule has 1 fully saturated rings. The molecule has 1 aromatic rings. The minimum absolute atomic E-state index is 0.375. The number of rotatable bonds is 5. The number of ether oxygens (including phenoxy) is 1. The number of nitrogens with one attached hydrogen (secondary N) is 1. The Hall–Kier alpha value is -1.08. The van der Waals surface area contributed by atoms with E-state index in [2.05, 4.69) is 10.3 Å². The molecular formula is C16H24BClN2O3. The van der Waals surface area contributed by atoms with E-state index < -0.39 is 7.12 Å². The zero-order valence-corrected chi connectivity index (χ0v) is 15.3. The maximum absolute atomic E-state index is 6.15. The smallest absolute Gasteiger partial charge is 0.480 e. The fraction of sp³-hybridized carbons (Fsp3) is 0.562. The molecule has 23 heavy (non-hydrogen) atoms. The first-order valence-electron chi connectivity index (χ1n) is 7.60. The molecule has 0 amide bonds. The van der Waals surface area contributed by atoms with Crippen molar-refractivity contribution in [2.24, 2.45) is 0 Å². The first-order chi connectivity index (χ1) is 10.7. The number of halogens is 1. The van der Waals surface area contributed by atoms with E-state index in [4.69, 9.17) is 25.6 Å². The van der Waals surface area contributed by atoms with Gasteiger partial charge in [0.25, 0.3) is 0 Å². The second-order valence-corrected chi connectivity index (χ2v) is 7.00. The minimum atomic E-state index is -0.409. The maximum atomic E-state index is 6.15. The Morgan fingerprint density at radius 1 is 1.35 bits per heavy atom. The van der Waals surface area contributed by atoms with Crippen LogP contribution in [0.15, 0.2) is 17.7 Å². The molecule has 0 atom stereocenters. The first kappa shape index (κ1) is 18.3. The molecular weight excluding hydrogens is 314 g/mol. The van der Waals surface area contributed by atoms with Gasteiger partial charge in [0.2, 0.25) is 5.88 Å². The second kappa shape index (κ2) is 6.81. The molecule has 1 aromatic heterocycles. The summed E-state index contributed by atoms with van der Waals surface area (Å²) in [5.74, 6) is 0.412. The van der Waals surface area contributed by atoms with E-state index in [1.807, 2.05) is 46.9 Å². The van der Waals surface area contributed by atoms with E-state index >= 15 is 0 Å². The minimum Gasteiger partial charge on any atom is -0.480 e. The second-order valence-electron chi connectivity index (χ2n) is 6.60. The standard InChI is InChI=1S/C16H24BClN2O3/c1-15(2)16(3,4)23-17(22-15)12(10-19-5)7-11-8-13(18)14(21-6)20-9-11/h7-9,19H,10H2,1-6H3. The fourth-order valence-corrected chi connectivity index (χ4v) is 2.54. The van der Waals surface area contributed by atoms with Gasteiger partial charge in [0.05, 0.1) is 18.3 Å². The van der Waals surface area contributed by atoms with Gasteiger partial charge in [-0.1, -0.05) is 17.7 Å². The highest BCUT2D eigenvalue weighted by Gasteiger charge is 2.52. The SMILES string of the molecule is CNCC(=Cc1cnc(OC)c(Cl)c1)B1OC(C)(C)C(C)(C)O1. The molecule has 126 valence electrons. The normalized spacial score (nSPS) is 20.0. The van der Waals surface area contributed by atoms with E-state index in [1.165, 1.54) is 0 Å². The van der Waals surface area contributed by atoms with Gasteiger partial charge in [0.1, 0.15) is 5.02 Å². The van der Waals surface area contributed by atoms with E-state index in [1.54, 1.807) is 13.3 Å². The van der Waals surface area contributed by atoms with Crippen LogP contribution in [0.1, 0.15) is 33.3 Å². The zero-order valence-electron chi connectivity index (χ0n) is 14.6. The van der Waals surface area contributed by atoms with Crippen LogP contribution < -0.4 is 10.1 Å². The predicted molar refractivity (Wildman–Crippen MR) is 93.8 cm³/mol. The summed E-state index contributed by atoms with van der Waals surface area (Å²) >= 11 is 6.15. The van der Waals surface area contributed by atoms with Crippen molar-refractivity contribution in [2.45, 2.75) is 38.9 Å². The van der Waals surface area contributed by atoms with Crippen LogP contribution in [-0.4, -0.2) is 44.0 Å². The van der Waals surface area contributed by atoms with Gasteiger partial charge in [-0.3, -0.25) is 0 Å². The molecule has 0 spiro atoms. The lowest BCUT2D eigenvalue weighted by atomic mass is 9.77.